The number of methoxy groups -OCH3 is 1. The van der Waals surface area contributed by atoms with E-state index in [9.17, 15) is 12.8 Å². The maximum Gasteiger partial charge on any atom is 0.191 e. The first-order valence-corrected chi connectivity index (χ1v) is 12.2. The number of nitrogens with zero attached hydrogens (tertiary/aromatic N) is 1. The number of hydrogen-bond acceptors (Lipinski definition) is 4. The Hall–Kier alpha value is -1.88. The summed E-state index contributed by atoms with van der Waals surface area (Å²) in [6.45, 7) is 7.62. The van der Waals surface area contributed by atoms with Crippen LogP contribution in [0.1, 0.15) is 37.5 Å². The molecule has 0 amide bonds. The van der Waals surface area contributed by atoms with Crippen molar-refractivity contribution in [2.24, 2.45) is 4.99 Å². The van der Waals surface area contributed by atoms with E-state index in [4.69, 9.17) is 4.74 Å². The summed E-state index contributed by atoms with van der Waals surface area (Å²) in [7, 11) is -1.60. The second-order valence-electron chi connectivity index (χ2n) is 8.15. The van der Waals surface area contributed by atoms with Gasteiger partial charge in [-0.05, 0) is 47.9 Å². The van der Waals surface area contributed by atoms with Gasteiger partial charge in [0, 0.05) is 24.8 Å². The molecule has 0 aromatic heterocycles. The first kappa shape index (κ1) is 28.2. The summed E-state index contributed by atoms with van der Waals surface area (Å²) >= 11 is 0. The molecule has 0 saturated heterocycles. The Labute approximate surface area is 208 Å². The van der Waals surface area contributed by atoms with E-state index < -0.39 is 15.7 Å². The van der Waals surface area contributed by atoms with Crippen LogP contribution in [0.15, 0.2) is 47.5 Å². The Kier molecular flexibility index (Phi) is 10.9. The summed E-state index contributed by atoms with van der Waals surface area (Å²) in [6, 6.07) is 12.1. The van der Waals surface area contributed by atoms with Crippen molar-refractivity contribution in [3.8, 4) is 5.75 Å². The van der Waals surface area contributed by atoms with Crippen LogP contribution in [0.2, 0.25) is 0 Å². The van der Waals surface area contributed by atoms with Gasteiger partial charge in [0.2, 0.25) is 0 Å². The molecule has 0 aliphatic heterocycles. The molecule has 6 nitrogen and oxygen atoms in total. The molecule has 178 valence electrons. The van der Waals surface area contributed by atoms with Crippen LogP contribution in [0, 0.1) is 5.82 Å². The van der Waals surface area contributed by atoms with E-state index in [1.54, 1.807) is 7.11 Å². The number of benzene rings is 2. The lowest BCUT2D eigenvalue weighted by atomic mass is 9.84. The maximum atomic E-state index is 13.8. The SMILES string of the molecule is CCNC(=NCc1cc(F)ccc1CS(C)(=O)=O)NCC(C)(C)c1cccc(OC)c1.I. The second kappa shape index (κ2) is 12.4. The highest BCUT2D eigenvalue weighted by atomic mass is 127. The van der Waals surface area contributed by atoms with Crippen LogP contribution in [0.4, 0.5) is 4.39 Å². The number of guanidine groups is 1. The van der Waals surface area contributed by atoms with Crippen LogP contribution in [0.3, 0.4) is 0 Å². The second-order valence-corrected chi connectivity index (χ2v) is 10.3. The molecule has 0 fully saturated rings. The molecule has 0 aliphatic rings. The largest absolute Gasteiger partial charge is 0.497 e. The van der Waals surface area contributed by atoms with Crippen molar-refractivity contribution >= 4 is 39.8 Å². The van der Waals surface area contributed by atoms with Crippen LogP contribution in [0.5, 0.6) is 5.75 Å². The summed E-state index contributed by atoms with van der Waals surface area (Å²) in [6.07, 6.45) is 1.16. The van der Waals surface area contributed by atoms with Gasteiger partial charge in [-0.2, -0.15) is 0 Å². The minimum Gasteiger partial charge on any atom is -0.497 e. The summed E-state index contributed by atoms with van der Waals surface area (Å²) in [5, 5.41) is 6.52. The Morgan fingerprint density at radius 2 is 1.84 bits per heavy atom. The lowest BCUT2D eigenvalue weighted by Gasteiger charge is -2.27. The Bertz CT molecular complexity index is 1030. The first-order chi connectivity index (χ1) is 14.5. The van der Waals surface area contributed by atoms with Gasteiger partial charge < -0.3 is 15.4 Å². The summed E-state index contributed by atoms with van der Waals surface area (Å²) in [5.41, 5.74) is 2.02. The molecule has 0 unspecified atom stereocenters. The number of nitrogens with one attached hydrogen (secondary N) is 2. The van der Waals surface area contributed by atoms with Gasteiger partial charge in [0.15, 0.2) is 15.8 Å². The molecule has 0 spiro atoms. The molecular formula is C23H33FIN3O3S. The fourth-order valence-electron chi connectivity index (χ4n) is 3.12. The van der Waals surface area contributed by atoms with E-state index in [-0.39, 0.29) is 41.7 Å². The highest BCUT2D eigenvalue weighted by molar-refractivity contribution is 14.0. The van der Waals surface area contributed by atoms with E-state index in [2.05, 4.69) is 35.5 Å². The first-order valence-electron chi connectivity index (χ1n) is 10.2. The molecule has 2 rings (SSSR count). The Morgan fingerprint density at radius 1 is 1.12 bits per heavy atom. The van der Waals surface area contributed by atoms with Crippen LogP contribution >= 0.6 is 24.0 Å². The van der Waals surface area contributed by atoms with Gasteiger partial charge in [0.1, 0.15) is 11.6 Å². The van der Waals surface area contributed by atoms with Gasteiger partial charge in [0.25, 0.3) is 0 Å². The Morgan fingerprint density at radius 3 is 2.47 bits per heavy atom. The van der Waals surface area contributed by atoms with Crippen molar-refractivity contribution in [3.63, 3.8) is 0 Å². The lowest BCUT2D eigenvalue weighted by molar-refractivity contribution is 0.411. The number of sulfone groups is 1. The zero-order valence-electron chi connectivity index (χ0n) is 19.2. The standard InChI is InChI=1S/C23H32FN3O3S.HI/c1-6-25-22(27-16-23(2,3)19-8-7-9-21(13-19)30-4)26-14-18-12-20(24)11-10-17(18)15-31(5,28)29;/h7-13H,6,14-16H2,1-5H3,(H2,25,26,27);1H. The summed E-state index contributed by atoms with van der Waals surface area (Å²) in [5.74, 6) is 0.814. The number of aliphatic imine (C=N–C) groups is 1. The molecule has 0 bridgehead atoms. The quantitative estimate of drug-likeness (QED) is 0.268. The van der Waals surface area contributed by atoms with Crippen LogP contribution in [-0.2, 0) is 27.5 Å². The van der Waals surface area contributed by atoms with Crippen molar-refractivity contribution in [1.82, 2.24) is 10.6 Å². The van der Waals surface area contributed by atoms with E-state index >= 15 is 0 Å². The third-order valence-electron chi connectivity index (χ3n) is 4.89. The number of ether oxygens (including phenoxy) is 1. The normalized spacial score (nSPS) is 12.1. The van der Waals surface area contributed by atoms with Crippen LogP contribution in [0.25, 0.3) is 0 Å². The predicted molar refractivity (Wildman–Crippen MR) is 139 cm³/mol. The van der Waals surface area contributed by atoms with E-state index in [0.29, 0.717) is 30.2 Å². The van der Waals surface area contributed by atoms with Crippen molar-refractivity contribution in [1.29, 1.82) is 0 Å². The van der Waals surface area contributed by atoms with Crippen molar-refractivity contribution < 1.29 is 17.5 Å². The minimum atomic E-state index is -3.24. The topological polar surface area (TPSA) is 79.8 Å². The summed E-state index contributed by atoms with van der Waals surface area (Å²) < 4.78 is 42.5. The number of rotatable bonds is 9. The van der Waals surface area contributed by atoms with Gasteiger partial charge in [0.05, 0.1) is 19.4 Å². The van der Waals surface area contributed by atoms with E-state index in [1.807, 2.05) is 25.1 Å². The fourth-order valence-corrected chi connectivity index (χ4v) is 3.97. The smallest absolute Gasteiger partial charge is 0.191 e. The van der Waals surface area contributed by atoms with Gasteiger partial charge in [-0.25, -0.2) is 17.8 Å². The molecular weight excluding hydrogens is 544 g/mol. The monoisotopic (exact) mass is 577 g/mol. The zero-order valence-corrected chi connectivity index (χ0v) is 22.4. The molecule has 0 atom stereocenters. The maximum absolute atomic E-state index is 13.8. The minimum absolute atomic E-state index is 0. The van der Waals surface area contributed by atoms with Crippen molar-refractivity contribution in [3.05, 3.63) is 65.0 Å². The van der Waals surface area contributed by atoms with Gasteiger partial charge in [-0.3, -0.25) is 0 Å². The summed E-state index contributed by atoms with van der Waals surface area (Å²) in [4.78, 5) is 4.55. The van der Waals surface area contributed by atoms with E-state index in [1.165, 1.54) is 18.2 Å². The average molecular weight is 578 g/mol. The molecule has 0 radical (unpaired) electrons. The average Bonchev–Trinajstić information content (AvgIpc) is 2.71. The molecule has 0 aliphatic carbocycles. The van der Waals surface area contributed by atoms with Crippen molar-refractivity contribution in [2.75, 3.05) is 26.5 Å². The number of halogens is 2. The highest BCUT2D eigenvalue weighted by Gasteiger charge is 2.21. The van der Waals surface area contributed by atoms with Crippen LogP contribution in [-0.4, -0.2) is 40.8 Å². The van der Waals surface area contributed by atoms with E-state index in [0.717, 1.165) is 17.6 Å². The Balaban J connectivity index is 0.00000512. The zero-order chi connectivity index (χ0) is 23.1. The molecule has 2 aromatic rings. The third kappa shape index (κ3) is 8.93. The predicted octanol–water partition coefficient (Wildman–Crippen LogP) is 4.03. The molecule has 0 saturated carbocycles. The molecule has 0 heterocycles. The number of hydrogen-bond donors (Lipinski definition) is 2. The lowest BCUT2D eigenvalue weighted by Crippen LogP contribution is -2.43. The van der Waals surface area contributed by atoms with Crippen molar-refractivity contribution in [2.45, 2.75) is 38.5 Å². The van der Waals surface area contributed by atoms with Crippen LogP contribution < -0.4 is 15.4 Å². The molecule has 9 heteroatoms. The fraction of sp³-hybridized carbons (Fsp3) is 0.435. The molecule has 2 aromatic carbocycles. The third-order valence-corrected chi connectivity index (χ3v) is 5.72. The highest BCUT2D eigenvalue weighted by Crippen LogP contribution is 2.25. The van der Waals surface area contributed by atoms with Gasteiger partial charge in [-0.1, -0.05) is 32.0 Å². The molecule has 2 N–H and O–H groups in total. The van der Waals surface area contributed by atoms with Gasteiger partial charge in [-0.15, -0.1) is 24.0 Å². The van der Waals surface area contributed by atoms with Gasteiger partial charge >= 0.3 is 0 Å². The molecule has 32 heavy (non-hydrogen) atoms.